The molecule has 1 atom stereocenters. The number of hydrogen-bond donors (Lipinski definition) is 1. The number of halogens is 2. The molecule has 84 valence electrons. The largest absolute Gasteiger partial charge is 0.383 e. The van der Waals surface area contributed by atoms with Crippen LogP contribution >= 0.6 is 23.2 Å². The van der Waals surface area contributed by atoms with Crippen LogP contribution in [0, 0.1) is 0 Å². The molecule has 0 aliphatic heterocycles. The summed E-state index contributed by atoms with van der Waals surface area (Å²) < 4.78 is 5.20. The molecule has 0 saturated carbocycles. The number of aliphatic hydroxyl groups is 1. The number of ether oxygens (including phenoxy) is 1. The Kier molecular flexibility index (Phi) is 4.41. The van der Waals surface area contributed by atoms with Crippen LogP contribution in [0.2, 0.25) is 10.0 Å². The molecule has 0 saturated heterocycles. The summed E-state index contributed by atoms with van der Waals surface area (Å²) in [5, 5.41) is 11.0. The van der Waals surface area contributed by atoms with E-state index in [-0.39, 0.29) is 6.61 Å². The van der Waals surface area contributed by atoms with Crippen LogP contribution in [-0.2, 0) is 10.3 Å². The topological polar surface area (TPSA) is 29.5 Å². The zero-order valence-electron chi connectivity index (χ0n) is 8.76. The molecule has 1 aromatic carbocycles. The SMILES string of the molecule is CCOCC(C)(O)c1ccc(Cl)c(Cl)c1. The lowest BCUT2D eigenvalue weighted by molar-refractivity contribution is -0.0343. The van der Waals surface area contributed by atoms with Crippen LogP contribution < -0.4 is 0 Å². The molecule has 2 nitrogen and oxygen atoms in total. The predicted molar refractivity (Wildman–Crippen MR) is 62.5 cm³/mol. The first-order chi connectivity index (χ1) is 6.97. The Balaban J connectivity index is 2.89. The smallest absolute Gasteiger partial charge is 0.110 e. The first-order valence-corrected chi connectivity index (χ1v) is 5.48. The van der Waals surface area contributed by atoms with Gasteiger partial charge in [-0.2, -0.15) is 0 Å². The lowest BCUT2D eigenvalue weighted by atomic mass is 9.97. The minimum absolute atomic E-state index is 0.238. The van der Waals surface area contributed by atoms with Gasteiger partial charge in [0.15, 0.2) is 0 Å². The second-order valence-electron chi connectivity index (χ2n) is 3.54. The molecule has 1 aromatic rings. The van der Waals surface area contributed by atoms with Crippen LogP contribution in [-0.4, -0.2) is 18.3 Å². The van der Waals surface area contributed by atoms with E-state index < -0.39 is 5.60 Å². The highest BCUT2D eigenvalue weighted by Crippen LogP contribution is 2.28. The Morgan fingerprint density at radius 2 is 2.00 bits per heavy atom. The van der Waals surface area contributed by atoms with Gasteiger partial charge < -0.3 is 9.84 Å². The van der Waals surface area contributed by atoms with Crippen LogP contribution in [0.4, 0.5) is 0 Å². The van der Waals surface area contributed by atoms with Crippen LogP contribution in [0.25, 0.3) is 0 Å². The van der Waals surface area contributed by atoms with Gasteiger partial charge in [0, 0.05) is 6.61 Å². The van der Waals surface area contributed by atoms with E-state index in [2.05, 4.69) is 0 Å². The number of hydrogen-bond acceptors (Lipinski definition) is 2. The highest BCUT2D eigenvalue weighted by Gasteiger charge is 2.23. The third-order valence-electron chi connectivity index (χ3n) is 2.13. The minimum atomic E-state index is -1.04. The first-order valence-electron chi connectivity index (χ1n) is 4.73. The van der Waals surface area contributed by atoms with E-state index in [0.29, 0.717) is 22.2 Å². The van der Waals surface area contributed by atoms with Crippen molar-refractivity contribution in [1.82, 2.24) is 0 Å². The summed E-state index contributed by atoms with van der Waals surface area (Å²) in [7, 11) is 0. The van der Waals surface area contributed by atoms with Crippen molar-refractivity contribution in [3.05, 3.63) is 33.8 Å². The van der Waals surface area contributed by atoms with Crippen molar-refractivity contribution in [3.8, 4) is 0 Å². The third-order valence-corrected chi connectivity index (χ3v) is 2.87. The van der Waals surface area contributed by atoms with Crippen LogP contribution in [0.15, 0.2) is 18.2 Å². The van der Waals surface area contributed by atoms with Gasteiger partial charge in [-0.25, -0.2) is 0 Å². The van der Waals surface area contributed by atoms with Gasteiger partial charge in [0.05, 0.1) is 16.7 Å². The van der Waals surface area contributed by atoms with Gasteiger partial charge >= 0.3 is 0 Å². The molecular formula is C11H14Cl2O2. The lowest BCUT2D eigenvalue weighted by Gasteiger charge is -2.23. The maximum absolute atomic E-state index is 10.1. The maximum Gasteiger partial charge on any atom is 0.110 e. The second kappa shape index (κ2) is 5.17. The molecule has 15 heavy (non-hydrogen) atoms. The summed E-state index contributed by atoms with van der Waals surface area (Å²) in [6.07, 6.45) is 0. The zero-order chi connectivity index (χ0) is 11.5. The molecule has 1 N–H and O–H groups in total. The predicted octanol–water partition coefficient (Wildman–Crippen LogP) is 3.24. The summed E-state index contributed by atoms with van der Waals surface area (Å²) in [5.74, 6) is 0. The van der Waals surface area contributed by atoms with E-state index in [0.717, 1.165) is 0 Å². The van der Waals surface area contributed by atoms with E-state index in [1.54, 1.807) is 25.1 Å². The summed E-state index contributed by atoms with van der Waals surface area (Å²) in [6, 6.07) is 5.07. The third kappa shape index (κ3) is 3.35. The van der Waals surface area contributed by atoms with Crippen molar-refractivity contribution in [2.45, 2.75) is 19.4 Å². The van der Waals surface area contributed by atoms with Gasteiger partial charge in [0.25, 0.3) is 0 Å². The monoisotopic (exact) mass is 248 g/mol. The van der Waals surface area contributed by atoms with Crippen molar-refractivity contribution in [1.29, 1.82) is 0 Å². The normalized spacial score (nSPS) is 15.0. The van der Waals surface area contributed by atoms with Crippen molar-refractivity contribution in [2.75, 3.05) is 13.2 Å². The molecule has 1 rings (SSSR count). The maximum atomic E-state index is 10.1. The Bertz CT molecular complexity index is 337. The molecule has 0 fully saturated rings. The molecule has 0 spiro atoms. The molecule has 0 amide bonds. The zero-order valence-corrected chi connectivity index (χ0v) is 10.3. The van der Waals surface area contributed by atoms with Crippen LogP contribution in [0.5, 0.6) is 0 Å². The van der Waals surface area contributed by atoms with Crippen molar-refractivity contribution in [3.63, 3.8) is 0 Å². The number of benzene rings is 1. The molecule has 0 bridgehead atoms. The van der Waals surface area contributed by atoms with E-state index in [4.69, 9.17) is 27.9 Å². The molecule has 1 unspecified atom stereocenters. The molecular weight excluding hydrogens is 235 g/mol. The minimum Gasteiger partial charge on any atom is -0.383 e. The Morgan fingerprint density at radius 1 is 1.33 bits per heavy atom. The van der Waals surface area contributed by atoms with Gasteiger partial charge in [-0.05, 0) is 31.5 Å². The van der Waals surface area contributed by atoms with Crippen molar-refractivity contribution < 1.29 is 9.84 Å². The first kappa shape index (κ1) is 12.8. The Morgan fingerprint density at radius 3 is 2.53 bits per heavy atom. The van der Waals surface area contributed by atoms with E-state index in [1.165, 1.54) is 0 Å². The summed E-state index contributed by atoms with van der Waals surface area (Å²) in [6.45, 7) is 4.37. The lowest BCUT2D eigenvalue weighted by Crippen LogP contribution is -2.27. The standard InChI is InChI=1S/C11H14Cl2O2/c1-3-15-7-11(2,14)8-4-5-9(12)10(13)6-8/h4-6,14H,3,7H2,1-2H3. The Hall–Kier alpha value is -0.280. The van der Waals surface area contributed by atoms with Gasteiger partial charge in [-0.1, -0.05) is 29.3 Å². The molecule has 4 heteroatoms. The molecule has 0 radical (unpaired) electrons. The second-order valence-corrected chi connectivity index (χ2v) is 4.35. The fourth-order valence-corrected chi connectivity index (χ4v) is 1.51. The van der Waals surface area contributed by atoms with Crippen LogP contribution in [0.1, 0.15) is 19.4 Å². The van der Waals surface area contributed by atoms with Crippen LogP contribution in [0.3, 0.4) is 0 Å². The highest BCUT2D eigenvalue weighted by atomic mass is 35.5. The molecule has 0 aliphatic rings. The average Bonchev–Trinajstić information content (AvgIpc) is 2.19. The molecule has 0 aliphatic carbocycles. The van der Waals surface area contributed by atoms with E-state index in [1.807, 2.05) is 6.92 Å². The fraction of sp³-hybridized carbons (Fsp3) is 0.455. The van der Waals surface area contributed by atoms with Gasteiger partial charge in [0.2, 0.25) is 0 Å². The quantitative estimate of drug-likeness (QED) is 0.887. The van der Waals surface area contributed by atoms with E-state index >= 15 is 0 Å². The molecule has 0 heterocycles. The summed E-state index contributed by atoms with van der Waals surface area (Å²) >= 11 is 11.7. The summed E-state index contributed by atoms with van der Waals surface area (Å²) in [5.41, 5.74) is -0.338. The van der Waals surface area contributed by atoms with E-state index in [9.17, 15) is 5.11 Å². The average molecular weight is 249 g/mol. The van der Waals surface area contributed by atoms with Gasteiger partial charge in [0.1, 0.15) is 5.60 Å². The number of rotatable bonds is 4. The summed E-state index contributed by atoms with van der Waals surface area (Å²) in [4.78, 5) is 0. The Labute approximate surface area is 99.8 Å². The molecule has 0 aromatic heterocycles. The fourth-order valence-electron chi connectivity index (χ4n) is 1.22. The van der Waals surface area contributed by atoms with Crippen molar-refractivity contribution >= 4 is 23.2 Å². The highest BCUT2D eigenvalue weighted by molar-refractivity contribution is 6.42. The van der Waals surface area contributed by atoms with Crippen molar-refractivity contribution in [2.24, 2.45) is 0 Å². The van der Waals surface area contributed by atoms with Gasteiger partial charge in [-0.15, -0.1) is 0 Å². The van der Waals surface area contributed by atoms with Gasteiger partial charge in [-0.3, -0.25) is 0 Å².